The Morgan fingerprint density at radius 3 is 2.56 bits per heavy atom. The lowest BCUT2D eigenvalue weighted by Gasteiger charge is -2.41. The minimum atomic E-state index is -0.695. The van der Waals surface area contributed by atoms with Gasteiger partial charge in [-0.2, -0.15) is 0 Å². The molecule has 16 heavy (non-hydrogen) atoms. The van der Waals surface area contributed by atoms with Crippen LogP contribution in [0.3, 0.4) is 0 Å². The van der Waals surface area contributed by atoms with Crippen molar-refractivity contribution in [2.75, 3.05) is 7.05 Å². The van der Waals surface area contributed by atoms with E-state index in [1.807, 2.05) is 18.2 Å². The molecule has 0 spiro atoms. The van der Waals surface area contributed by atoms with Gasteiger partial charge >= 0.3 is 0 Å². The van der Waals surface area contributed by atoms with Gasteiger partial charge < -0.3 is 10.0 Å². The molecule has 2 aliphatic heterocycles. The molecule has 2 atom stereocenters. The van der Waals surface area contributed by atoms with E-state index in [1.54, 1.807) is 6.20 Å². The molecule has 1 aromatic rings. The van der Waals surface area contributed by atoms with Gasteiger partial charge in [-0.1, -0.05) is 6.07 Å². The largest absolute Gasteiger partial charge is 0.383 e. The number of fused-ring (bicyclic) bond motifs is 2. The number of aromatic nitrogens is 1. The second-order valence-corrected chi connectivity index (χ2v) is 5.21. The molecule has 2 fully saturated rings. The molecule has 86 valence electrons. The van der Waals surface area contributed by atoms with E-state index in [1.165, 1.54) is 12.8 Å². The molecule has 2 bridgehead atoms. The molecule has 1 N–H and O–H groups in total. The molecule has 0 saturated carbocycles. The third kappa shape index (κ3) is 1.46. The molecular weight excluding hydrogens is 200 g/mol. The summed E-state index contributed by atoms with van der Waals surface area (Å²) < 4.78 is 0. The van der Waals surface area contributed by atoms with E-state index in [0.29, 0.717) is 12.1 Å². The Labute approximate surface area is 96.1 Å². The van der Waals surface area contributed by atoms with Gasteiger partial charge in [0.25, 0.3) is 0 Å². The van der Waals surface area contributed by atoms with E-state index in [2.05, 4.69) is 16.9 Å². The van der Waals surface area contributed by atoms with Crippen molar-refractivity contribution in [1.82, 2.24) is 9.88 Å². The lowest BCUT2D eigenvalue weighted by atomic mass is 9.83. The minimum absolute atomic E-state index is 0.533. The highest BCUT2D eigenvalue weighted by Crippen LogP contribution is 2.44. The van der Waals surface area contributed by atoms with Crippen molar-refractivity contribution in [3.63, 3.8) is 0 Å². The van der Waals surface area contributed by atoms with Gasteiger partial charge in [0, 0.05) is 18.3 Å². The van der Waals surface area contributed by atoms with Gasteiger partial charge in [-0.05, 0) is 44.9 Å². The molecule has 0 amide bonds. The standard InChI is InChI=1S/C13H18N2O/c1-15-10-5-6-11(15)9-13(16,8-10)12-4-2-3-7-14-12/h2-4,7,10-11,16H,5-6,8-9H2,1H3. The van der Waals surface area contributed by atoms with Gasteiger partial charge in [-0.15, -0.1) is 0 Å². The second kappa shape index (κ2) is 3.54. The Kier molecular flexibility index (Phi) is 2.26. The predicted molar refractivity (Wildman–Crippen MR) is 61.9 cm³/mol. The van der Waals surface area contributed by atoms with Crippen molar-refractivity contribution in [3.8, 4) is 0 Å². The fourth-order valence-electron chi connectivity index (χ4n) is 3.29. The van der Waals surface area contributed by atoms with Crippen LogP contribution in [-0.4, -0.2) is 34.1 Å². The number of rotatable bonds is 1. The van der Waals surface area contributed by atoms with Crippen molar-refractivity contribution in [2.45, 2.75) is 43.4 Å². The smallest absolute Gasteiger partial charge is 0.109 e. The fraction of sp³-hybridized carbons (Fsp3) is 0.615. The SMILES string of the molecule is CN1C2CCC1CC(O)(c1ccccn1)C2. The predicted octanol–water partition coefficient (Wildman–Crippen LogP) is 1.53. The number of pyridine rings is 1. The second-order valence-electron chi connectivity index (χ2n) is 5.21. The lowest BCUT2D eigenvalue weighted by Crippen LogP contribution is -2.47. The number of nitrogens with zero attached hydrogens (tertiary/aromatic N) is 2. The average molecular weight is 218 g/mol. The van der Waals surface area contributed by atoms with Crippen molar-refractivity contribution >= 4 is 0 Å². The van der Waals surface area contributed by atoms with Gasteiger partial charge in [0.15, 0.2) is 0 Å². The Morgan fingerprint density at radius 2 is 2.00 bits per heavy atom. The van der Waals surface area contributed by atoms with Crippen molar-refractivity contribution < 1.29 is 5.11 Å². The fourth-order valence-corrected chi connectivity index (χ4v) is 3.29. The zero-order chi connectivity index (χ0) is 11.2. The normalized spacial score (nSPS) is 38.9. The number of hydrogen-bond donors (Lipinski definition) is 1. The minimum Gasteiger partial charge on any atom is -0.383 e. The third-order valence-electron chi connectivity index (χ3n) is 4.27. The van der Waals surface area contributed by atoms with Crippen LogP contribution in [0.2, 0.25) is 0 Å². The van der Waals surface area contributed by atoms with E-state index < -0.39 is 5.60 Å². The van der Waals surface area contributed by atoms with Crippen molar-refractivity contribution in [2.24, 2.45) is 0 Å². The third-order valence-corrected chi connectivity index (χ3v) is 4.27. The highest BCUT2D eigenvalue weighted by molar-refractivity contribution is 5.17. The molecule has 1 aromatic heterocycles. The van der Waals surface area contributed by atoms with Gasteiger partial charge in [0.2, 0.25) is 0 Å². The van der Waals surface area contributed by atoms with E-state index in [4.69, 9.17) is 0 Å². The summed E-state index contributed by atoms with van der Waals surface area (Å²) in [5.74, 6) is 0. The maximum Gasteiger partial charge on any atom is 0.109 e. The molecule has 0 radical (unpaired) electrons. The molecule has 3 heteroatoms. The molecule has 3 heterocycles. The quantitative estimate of drug-likeness (QED) is 0.776. The van der Waals surface area contributed by atoms with Crippen LogP contribution in [0.5, 0.6) is 0 Å². The Morgan fingerprint density at radius 1 is 1.31 bits per heavy atom. The molecule has 2 aliphatic rings. The monoisotopic (exact) mass is 218 g/mol. The van der Waals surface area contributed by atoms with Gasteiger partial charge in [-0.3, -0.25) is 4.98 Å². The summed E-state index contributed by atoms with van der Waals surface area (Å²) in [5.41, 5.74) is 0.152. The van der Waals surface area contributed by atoms with E-state index in [9.17, 15) is 5.11 Å². The maximum absolute atomic E-state index is 10.8. The highest BCUT2D eigenvalue weighted by atomic mass is 16.3. The van der Waals surface area contributed by atoms with Crippen LogP contribution in [0.1, 0.15) is 31.4 Å². The molecule has 0 aromatic carbocycles. The van der Waals surface area contributed by atoms with Crippen molar-refractivity contribution in [3.05, 3.63) is 30.1 Å². The molecule has 0 aliphatic carbocycles. The van der Waals surface area contributed by atoms with Crippen LogP contribution in [0.15, 0.2) is 24.4 Å². The first-order chi connectivity index (χ1) is 7.69. The number of piperidine rings is 1. The summed E-state index contributed by atoms with van der Waals surface area (Å²) in [6.07, 6.45) is 5.87. The van der Waals surface area contributed by atoms with Gasteiger partial charge in [-0.25, -0.2) is 0 Å². The van der Waals surface area contributed by atoms with E-state index in [0.717, 1.165) is 18.5 Å². The van der Waals surface area contributed by atoms with Crippen LogP contribution < -0.4 is 0 Å². The highest BCUT2D eigenvalue weighted by Gasteiger charge is 2.47. The zero-order valence-electron chi connectivity index (χ0n) is 9.63. The Hall–Kier alpha value is -0.930. The summed E-state index contributed by atoms with van der Waals surface area (Å²) in [6, 6.07) is 6.87. The first-order valence-corrected chi connectivity index (χ1v) is 6.05. The van der Waals surface area contributed by atoms with Crippen LogP contribution in [-0.2, 0) is 5.60 Å². The molecular formula is C13H18N2O. The Balaban J connectivity index is 1.91. The molecule has 3 rings (SSSR count). The number of aliphatic hydroxyl groups is 1. The molecule has 2 unspecified atom stereocenters. The lowest BCUT2D eigenvalue weighted by molar-refractivity contribution is -0.0523. The van der Waals surface area contributed by atoms with Crippen LogP contribution in [0.25, 0.3) is 0 Å². The summed E-state index contributed by atoms with van der Waals surface area (Å²) in [4.78, 5) is 6.76. The molecule has 2 saturated heterocycles. The molecule has 3 nitrogen and oxygen atoms in total. The number of hydrogen-bond acceptors (Lipinski definition) is 3. The zero-order valence-corrected chi connectivity index (χ0v) is 9.63. The van der Waals surface area contributed by atoms with Gasteiger partial charge in [0.05, 0.1) is 5.69 Å². The first-order valence-electron chi connectivity index (χ1n) is 6.05. The van der Waals surface area contributed by atoms with Crippen LogP contribution in [0, 0.1) is 0 Å². The summed E-state index contributed by atoms with van der Waals surface area (Å²) >= 11 is 0. The van der Waals surface area contributed by atoms with E-state index in [-0.39, 0.29) is 0 Å². The maximum atomic E-state index is 10.8. The van der Waals surface area contributed by atoms with Crippen LogP contribution >= 0.6 is 0 Å². The summed E-state index contributed by atoms with van der Waals surface area (Å²) in [6.45, 7) is 0. The Bertz CT molecular complexity index is 365. The van der Waals surface area contributed by atoms with E-state index >= 15 is 0 Å². The summed E-state index contributed by atoms with van der Waals surface area (Å²) in [7, 11) is 2.18. The van der Waals surface area contributed by atoms with Crippen LogP contribution in [0.4, 0.5) is 0 Å². The topological polar surface area (TPSA) is 36.4 Å². The first kappa shape index (κ1) is 10.2. The van der Waals surface area contributed by atoms with Gasteiger partial charge in [0.1, 0.15) is 5.60 Å². The summed E-state index contributed by atoms with van der Waals surface area (Å²) in [5, 5.41) is 10.8. The average Bonchev–Trinajstić information content (AvgIpc) is 2.54. The van der Waals surface area contributed by atoms with Crippen molar-refractivity contribution in [1.29, 1.82) is 0 Å².